The number of amides is 1. The molecular formula is C13H18N2O3. The first-order chi connectivity index (χ1) is 8.35. The van der Waals surface area contributed by atoms with Gasteiger partial charge in [0, 0.05) is 19.4 Å². The van der Waals surface area contributed by atoms with E-state index in [-0.39, 0.29) is 0 Å². The van der Waals surface area contributed by atoms with Gasteiger partial charge in [0.2, 0.25) is 0 Å². The number of likely N-dealkylation sites (N-methyl/N-ethyl adjacent to an activating group) is 1. The molecule has 0 saturated carbocycles. The number of hydrogen-bond donors (Lipinski definition) is 0. The second-order valence-corrected chi connectivity index (χ2v) is 4.95. The molecule has 18 heavy (non-hydrogen) atoms. The van der Waals surface area contributed by atoms with Crippen LogP contribution in [0.1, 0.15) is 32.4 Å². The second kappa shape index (κ2) is 5.62. The molecule has 1 rings (SSSR count). The van der Waals surface area contributed by atoms with Crippen LogP contribution in [0, 0.1) is 0 Å². The minimum absolute atomic E-state index is 0.531. The van der Waals surface area contributed by atoms with E-state index in [1.165, 1.54) is 11.9 Å². The summed E-state index contributed by atoms with van der Waals surface area (Å²) in [4.78, 5) is 28.2. The lowest BCUT2D eigenvalue weighted by Crippen LogP contribution is -2.37. The third-order valence-electron chi connectivity index (χ3n) is 2.28. The largest absolute Gasteiger partial charge is 0.444 e. The molecule has 5 nitrogen and oxygen atoms in total. The summed E-state index contributed by atoms with van der Waals surface area (Å²) in [5.74, 6) is 0. The van der Waals surface area contributed by atoms with Crippen LogP contribution in [-0.2, 0) is 9.53 Å². The van der Waals surface area contributed by atoms with E-state index in [0.29, 0.717) is 11.8 Å². The van der Waals surface area contributed by atoms with Crippen LogP contribution in [-0.4, -0.2) is 34.9 Å². The highest BCUT2D eigenvalue weighted by Crippen LogP contribution is 2.19. The lowest BCUT2D eigenvalue weighted by atomic mass is 10.1. The monoisotopic (exact) mass is 250 g/mol. The molecule has 5 heteroatoms. The van der Waals surface area contributed by atoms with Gasteiger partial charge in [-0.1, -0.05) is 0 Å². The van der Waals surface area contributed by atoms with Gasteiger partial charge in [-0.05, 0) is 38.5 Å². The molecule has 0 aliphatic carbocycles. The minimum Gasteiger partial charge on any atom is -0.444 e. The highest BCUT2D eigenvalue weighted by molar-refractivity contribution is 5.74. The van der Waals surface area contributed by atoms with Crippen LogP contribution in [0.25, 0.3) is 0 Å². The van der Waals surface area contributed by atoms with Crippen molar-refractivity contribution < 1.29 is 14.3 Å². The molecule has 1 aromatic rings. The molecule has 1 amide bonds. The lowest BCUT2D eigenvalue weighted by Gasteiger charge is -2.28. The Morgan fingerprint density at radius 1 is 1.39 bits per heavy atom. The average Bonchev–Trinajstić information content (AvgIpc) is 2.29. The predicted octanol–water partition coefficient (Wildman–Crippen LogP) is 2.19. The van der Waals surface area contributed by atoms with Crippen molar-refractivity contribution in [1.82, 2.24) is 9.88 Å². The van der Waals surface area contributed by atoms with Gasteiger partial charge in [-0.2, -0.15) is 0 Å². The average molecular weight is 250 g/mol. The molecule has 98 valence electrons. The fourth-order valence-corrected chi connectivity index (χ4v) is 1.40. The molecule has 1 heterocycles. The van der Waals surface area contributed by atoms with Gasteiger partial charge < -0.3 is 9.53 Å². The Labute approximate surface area is 107 Å². The lowest BCUT2D eigenvalue weighted by molar-refractivity contribution is -0.112. The summed E-state index contributed by atoms with van der Waals surface area (Å²) in [6.07, 6.45) is 3.33. The summed E-state index contributed by atoms with van der Waals surface area (Å²) >= 11 is 0. The highest BCUT2D eigenvalue weighted by Gasteiger charge is 2.25. The van der Waals surface area contributed by atoms with Gasteiger partial charge >= 0.3 is 6.09 Å². The maximum atomic E-state index is 11.9. The summed E-state index contributed by atoms with van der Waals surface area (Å²) in [6.45, 7) is 5.34. The molecule has 0 bridgehead atoms. The third-order valence-corrected chi connectivity index (χ3v) is 2.28. The van der Waals surface area contributed by atoms with Crippen LogP contribution in [0.2, 0.25) is 0 Å². The molecule has 0 fully saturated rings. The Hall–Kier alpha value is -1.91. The molecule has 0 radical (unpaired) electrons. The van der Waals surface area contributed by atoms with Crippen LogP contribution in [0.15, 0.2) is 24.5 Å². The number of rotatable bonds is 3. The number of pyridine rings is 1. The number of ether oxygens (including phenoxy) is 1. The molecule has 0 aromatic carbocycles. The number of nitrogens with zero attached hydrogens (tertiary/aromatic N) is 2. The van der Waals surface area contributed by atoms with E-state index in [1.54, 1.807) is 45.3 Å². The zero-order valence-electron chi connectivity index (χ0n) is 11.1. The van der Waals surface area contributed by atoms with Crippen molar-refractivity contribution in [2.24, 2.45) is 0 Å². The molecule has 0 aliphatic heterocycles. The van der Waals surface area contributed by atoms with E-state index in [2.05, 4.69) is 4.98 Å². The fourth-order valence-electron chi connectivity index (χ4n) is 1.40. The van der Waals surface area contributed by atoms with Crippen molar-refractivity contribution in [3.8, 4) is 0 Å². The topological polar surface area (TPSA) is 59.5 Å². The van der Waals surface area contributed by atoms with Crippen LogP contribution in [0.4, 0.5) is 4.79 Å². The van der Waals surface area contributed by atoms with Gasteiger partial charge in [0.1, 0.15) is 17.9 Å². The maximum Gasteiger partial charge on any atom is 0.410 e. The number of carbonyl (C=O) groups excluding carboxylic acids is 2. The zero-order chi connectivity index (χ0) is 13.8. The Morgan fingerprint density at radius 2 is 1.94 bits per heavy atom. The van der Waals surface area contributed by atoms with E-state index >= 15 is 0 Å². The zero-order valence-corrected chi connectivity index (χ0v) is 11.1. The van der Waals surface area contributed by atoms with Gasteiger partial charge in [-0.25, -0.2) is 4.79 Å². The molecule has 0 spiro atoms. The van der Waals surface area contributed by atoms with Crippen molar-refractivity contribution in [3.05, 3.63) is 30.1 Å². The van der Waals surface area contributed by atoms with Crippen LogP contribution in [0.5, 0.6) is 0 Å². The van der Waals surface area contributed by atoms with Gasteiger partial charge in [0.05, 0.1) is 0 Å². The van der Waals surface area contributed by atoms with Gasteiger partial charge in [0.15, 0.2) is 0 Å². The molecule has 1 aromatic heterocycles. The van der Waals surface area contributed by atoms with Crippen molar-refractivity contribution in [1.29, 1.82) is 0 Å². The first kappa shape index (κ1) is 14.2. The summed E-state index contributed by atoms with van der Waals surface area (Å²) in [5, 5.41) is 0. The van der Waals surface area contributed by atoms with E-state index in [0.717, 1.165) is 0 Å². The summed E-state index contributed by atoms with van der Waals surface area (Å²) in [6, 6.07) is 2.72. The van der Waals surface area contributed by atoms with E-state index in [4.69, 9.17) is 4.74 Å². The molecular weight excluding hydrogens is 232 g/mol. The normalized spacial score (nSPS) is 12.7. The second-order valence-electron chi connectivity index (χ2n) is 4.95. The Bertz CT molecular complexity index is 412. The quantitative estimate of drug-likeness (QED) is 0.771. The molecule has 1 unspecified atom stereocenters. The molecule has 0 aliphatic rings. The number of aldehydes is 1. The molecule has 0 N–H and O–H groups in total. The van der Waals surface area contributed by atoms with Crippen molar-refractivity contribution in [2.75, 3.05) is 7.05 Å². The van der Waals surface area contributed by atoms with Crippen molar-refractivity contribution in [2.45, 2.75) is 32.4 Å². The smallest absolute Gasteiger partial charge is 0.410 e. The molecule has 0 saturated heterocycles. The SMILES string of the molecule is CN(C(=O)OC(C)(C)C)C(C=O)c1ccncc1. The van der Waals surface area contributed by atoms with Crippen LogP contribution in [0.3, 0.4) is 0 Å². The van der Waals surface area contributed by atoms with Gasteiger partial charge in [0.25, 0.3) is 0 Å². The first-order valence-electron chi connectivity index (χ1n) is 5.66. The Balaban J connectivity index is 2.84. The predicted molar refractivity (Wildman–Crippen MR) is 67.0 cm³/mol. The molecule has 1 atom stereocenters. The standard InChI is InChI=1S/C13H18N2O3/c1-13(2,3)18-12(17)15(4)11(9-16)10-5-7-14-8-6-10/h5-9,11H,1-4H3. The maximum absolute atomic E-state index is 11.9. The van der Waals surface area contributed by atoms with Crippen molar-refractivity contribution >= 4 is 12.4 Å². The van der Waals surface area contributed by atoms with Gasteiger partial charge in [-0.3, -0.25) is 9.88 Å². The summed E-state index contributed by atoms with van der Waals surface area (Å²) in [5.41, 5.74) is 0.116. The number of aromatic nitrogens is 1. The Morgan fingerprint density at radius 3 is 2.39 bits per heavy atom. The van der Waals surface area contributed by atoms with Crippen molar-refractivity contribution in [3.63, 3.8) is 0 Å². The van der Waals surface area contributed by atoms with E-state index in [9.17, 15) is 9.59 Å². The Kier molecular flexibility index (Phi) is 4.42. The summed E-state index contributed by atoms with van der Waals surface area (Å²) in [7, 11) is 1.54. The van der Waals surface area contributed by atoms with E-state index in [1.807, 2.05) is 0 Å². The number of carbonyl (C=O) groups is 2. The highest BCUT2D eigenvalue weighted by atomic mass is 16.6. The third kappa shape index (κ3) is 3.84. The first-order valence-corrected chi connectivity index (χ1v) is 5.66. The van der Waals surface area contributed by atoms with Gasteiger partial charge in [-0.15, -0.1) is 0 Å². The minimum atomic E-state index is -0.664. The summed E-state index contributed by atoms with van der Waals surface area (Å²) < 4.78 is 5.22. The number of hydrogen-bond acceptors (Lipinski definition) is 4. The fraction of sp³-hybridized carbons (Fsp3) is 0.462. The van der Waals surface area contributed by atoms with E-state index < -0.39 is 17.7 Å². The van der Waals surface area contributed by atoms with Crippen LogP contribution >= 0.6 is 0 Å². The van der Waals surface area contributed by atoms with Crippen LogP contribution < -0.4 is 0 Å².